The first-order valence-electron chi connectivity index (χ1n) is 7.86. The Morgan fingerprint density at radius 1 is 1.27 bits per heavy atom. The number of halogens is 1. The highest BCUT2D eigenvalue weighted by molar-refractivity contribution is 9.10. The van der Waals surface area contributed by atoms with Gasteiger partial charge in [-0.25, -0.2) is 0 Å². The number of benzene rings is 2. The number of carbonyl (C=O) groups excluding carboxylic acids is 1. The summed E-state index contributed by atoms with van der Waals surface area (Å²) in [7, 11) is 0. The molecular formula is C19H16BrN3O3. The number of fused-ring (bicyclic) bond motifs is 1. The van der Waals surface area contributed by atoms with Gasteiger partial charge in [-0.3, -0.25) is 4.79 Å². The maximum atomic E-state index is 12.2. The molecule has 26 heavy (non-hydrogen) atoms. The summed E-state index contributed by atoms with van der Waals surface area (Å²) in [5.74, 6) is 0.887. The van der Waals surface area contributed by atoms with Gasteiger partial charge in [-0.15, -0.1) is 0 Å². The Kier molecular flexibility index (Phi) is 5.44. The largest absolute Gasteiger partial charge is 0.454 e. The minimum atomic E-state index is -0.452. The summed E-state index contributed by atoms with van der Waals surface area (Å²) in [5.41, 5.74) is 2.69. The molecule has 2 aromatic carbocycles. The highest BCUT2D eigenvalue weighted by Gasteiger charge is 2.14. The third-order valence-corrected chi connectivity index (χ3v) is 4.69. The summed E-state index contributed by atoms with van der Waals surface area (Å²) in [6, 6.07) is 13.0. The van der Waals surface area contributed by atoms with Crippen LogP contribution in [0.15, 0.2) is 52.6 Å². The first-order chi connectivity index (χ1) is 12.6. The zero-order chi connectivity index (χ0) is 18.5. The number of nitrogens with zero attached hydrogens (tertiary/aromatic N) is 1. The average molecular weight is 414 g/mol. The summed E-state index contributed by atoms with van der Waals surface area (Å²) in [4.78, 5) is 12.2. The number of carbonyl (C=O) groups is 1. The van der Waals surface area contributed by atoms with Crippen molar-refractivity contribution in [3.8, 4) is 17.6 Å². The fourth-order valence-electron chi connectivity index (χ4n) is 2.37. The highest BCUT2D eigenvalue weighted by Crippen LogP contribution is 2.32. The van der Waals surface area contributed by atoms with E-state index in [-0.39, 0.29) is 18.9 Å². The Labute approximate surface area is 159 Å². The van der Waals surface area contributed by atoms with Crippen molar-refractivity contribution in [3.05, 3.63) is 63.8 Å². The van der Waals surface area contributed by atoms with Crippen LogP contribution in [0.1, 0.15) is 11.1 Å². The predicted molar refractivity (Wildman–Crippen MR) is 101 cm³/mol. The van der Waals surface area contributed by atoms with Crippen LogP contribution < -0.4 is 20.1 Å². The smallest absolute Gasteiger partial charge is 0.263 e. The van der Waals surface area contributed by atoms with Gasteiger partial charge in [0.1, 0.15) is 11.6 Å². The summed E-state index contributed by atoms with van der Waals surface area (Å²) < 4.78 is 11.6. The molecule has 1 aliphatic rings. The molecule has 1 aliphatic heterocycles. The van der Waals surface area contributed by atoms with Gasteiger partial charge in [0.05, 0.1) is 0 Å². The molecule has 0 aromatic heterocycles. The van der Waals surface area contributed by atoms with Crippen molar-refractivity contribution >= 4 is 27.5 Å². The van der Waals surface area contributed by atoms with E-state index in [0.29, 0.717) is 11.5 Å². The fraction of sp³-hybridized carbons (Fsp3) is 0.158. The Bertz CT molecular complexity index is 919. The van der Waals surface area contributed by atoms with Gasteiger partial charge in [0.15, 0.2) is 11.5 Å². The molecular weight excluding hydrogens is 398 g/mol. The SMILES string of the molecule is Cc1cc(N/C=C(/C#N)C(=O)NCc2ccc3c(c2)OCO3)ccc1Br. The van der Waals surface area contributed by atoms with Gasteiger partial charge < -0.3 is 20.1 Å². The van der Waals surface area contributed by atoms with Gasteiger partial charge in [-0.05, 0) is 48.4 Å². The van der Waals surface area contributed by atoms with Crippen LogP contribution in [0.4, 0.5) is 5.69 Å². The average Bonchev–Trinajstić information content (AvgIpc) is 3.11. The molecule has 6 nitrogen and oxygen atoms in total. The van der Waals surface area contributed by atoms with E-state index < -0.39 is 5.91 Å². The molecule has 2 N–H and O–H groups in total. The molecule has 0 unspecified atom stereocenters. The van der Waals surface area contributed by atoms with Gasteiger partial charge >= 0.3 is 0 Å². The third-order valence-electron chi connectivity index (χ3n) is 3.80. The number of rotatable bonds is 5. The van der Waals surface area contributed by atoms with Gasteiger partial charge in [0.2, 0.25) is 6.79 Å². The van der Waals surface area contributed by atoms with E-state index in [0.717, 1.165) is 21.3 Å². The second-order valence-electron chi connectivity index (χ2n) is 5.65. The molecule has 0 radical (unpaired) electrons. The van der Waals surface area contributed by atoms with E-state index in [1.165, 1.54) is 6.20 Å². The van der Waals surface area contributed by atoms with E-state index >= 15 is 0 Å². The number of hydrogen-bond acceptors (Lipinski definition) is 5. The van der Waals surface area contributed by atoms with Crippen molar-refractivity contribution in [1.82, 2.24) is 5.32 Å². The van der Waals surface area contributed by atoms with Crippen LogP contribution in [-0.2, 0) is 11.3 Å². The van der Waals surface area contributed by atoms with E-state index in [9.17, 15) is 10.1 Å². The van der Waals surface area contributed by atoms with Crippen LogP contribution in [0.2, 0.25) is 0 Å². The van der Waals surface area contributed by atoms with Crippen LogP contribution in [0.3, 0.4) is 0 Å². The van der Waals surface area contributed by atoms with E-state index in [4.69, 9.17) is 9.47 Å². The molecule has 0 fully saturated rings. The molecule has 7 heteroatoms. The second kappa shape index (κ2) is 7.93. The van der Waals surface area contributed by atoms with Crippen LogP contribution in [0.25, 0.3) is 0 Å². The van der Waals surface area contributed by atoms with E-state index in [2.05, 4.69) is 26.6 Å². The van der Waals surface area contributed by atoms with Gasteiger partial charge in [0, 0.05) is 22.9 Å². The molecule has 0 bridgehead atoms. The topological polar surface area (TPSA) is 83.4 Å². The maximum absolute atomic E-state index is 12.2. The van der Waals surface area contributed by atoms with Crippen LogP contribution in [-0.4, -0.2) is 12.7 Å². The lowest BCUT2D eigenvalue weighted by Gasteiger charge is -2.07. The molecule has 132 valence electrons. The summed E-state index contributed by atoms with van der Waals surface area (Å²) in [6.07, 6.45) is 1.40. The monoisotopic (exact) mass is 413 g/mol. The first-order valence-corrected chi connectivity index (χ1v) is 8.66. The van der Waals surface area contributed by atoms with Crippen molar-refractivity contribution in [1.29, 1.82) is 5.26 Å². The quantitative estimate of drug-likeness (QED) is 0.577. The Hall–Kier alpha value is -2.98. The highest BCUT2D eigenvalue weighted by atomic mass is 79.9. The molecule has 1 heterocycles. The van der Waals surface area contributed by atoms with Crippen LogP contribution >= 0.6 is 15.9 Å². The van der Waals surface area contributed by atoms with Crippen molar-refractivity contribution < 1.29 is 14.3 Å². The van der Waals surface area contributed by atoms with Crippen LogP contribution in [0.5, 0.6) is 11.5 Å². The maximum Gasteiger partial charge on any atom is 0.263 e. The lowest BCUT2D eigenvalue weighted by molar-refractivity contribution is -0.117. The Morgan fingerprint density at radius 3 is 2.85 bits per heavy atom. The number of aryl methyl sites for hydroxylation is 1. The molecule has 0 saturated carbocycles. The second-order valence-corrected chi connectivity index (χ2v) is 6.50. The summed E-state index contributed by atoms with van der Waals surface area (Å²) >= 11 is 3.43. The molecule has 1 amide bonds. The summed E-state index contributed by atoms with van der Waals surface area (Å²) in [6.45, 7) is 2.45. The van der Waals surface area contributed by atoms with Gasteiger partial charge in [-0.1, -0.05) is 22.0 Å². The van der Waals surface area contributed by atoms with Gasteiger partial charge in [0.25, 0.3) is 5.91 Å². The first kappa shape index (κ1) is 17.8. The van der Waals surface area contributed by atoms with Crippen molar-refractivity contribution in [2.75, 3.05) is 12.1 Å². The summed E-state index contributed by atoms with van der Waals surface area (Å²) in [5, 5.41) is 14.9. The third kappa shape index (κ3) is 4.16. The predicted octanol–water partition coefficient (Wildman–Crippen LogP) is 3.62. The lowest BCUT2D eigenvalue weighted by atomic mass is 10.2. The number of hydrogen-bond donors (Lipinski definition) is 2. The fourth-order valence-corrected chi connectivity index (χ4v) is 2.61. The lowest BCUT2D eigenvalue weighted by Crippen LogP contribution is -2.24. The standard InChI is InChI=1S/C19H16BrN3O3/c1-12-6-15(3-4-16(12)20)22-10-14(8-21)19(24)23-9-13-2-5-17-18(7-13)26-11-25-17/h2-7,10,22H,9,11H2,1H3,(H,23,24)/b14-10-. The normalized spacial score (nSPS) is 12.4. The Morgan fingerprint density at radius 2 is 2.08 bits per heavy atom. The van der Waals surface area contributed by atoms with Crippen molar-refractivity contribution in [3.63, 3.8) is 0 Å². The van der Waals surface area contributed by atoms with E-state index in [1.54, 1.807) is 12.1 Å². The van der Waals surface area contributed by atoms with Gasteiger partial charge in [-0.2, -0.15) is 5.26 Å². The zero-order valence-electron chi connectivity index (χ0n) is 14.0. The molecule has 0 aliphatic carbocycles. The molecule has 0 saturated heterocycles. The zero-order valence-corrected chi connectivity index (χ0v) is 15.6. The molecule has 0 spiro atoms. The number of amides is 1. The molecule has 2 aromatic rings. The van der Waals surface area contributed by atoms with Crippen molar-refractivity contribution in [2.24, 2.45) is 0 Å². The minimum absolute atomic E-state index is 0.00804. The number of nitrogens with one attached hydrogen (secondary N) is 2. The van der Waals surface area contributed by atoms with E-state index in [1.807, 2.05) is 37.3 Å². The number of anilines is 1. The van der Waals surface area contributed by atoms with Crippen LogP contribution in [0, 0.1) is 18.3 Å². The minimum Gasteiger partial charge on any atom is -0.454 e. The Balaban J connectivity index is 1.61. The van der Waals surface area contributed by atoms with Crippen molar-refractivity contribution in [2.45, 2.75) is 13.5 Å². The molecule has 3 rings (SSSR count). The number of nitriles is 1. The molecule has 0 atom stereocenters. The number of ether oxygens (including phenoxy) is 2.